The van der Waals surface area contributed by atoms with Crippen molar-refractivity contribution in [3.63, 3.8) is 0 Å². The first-order valence-electron chi connectivity index (χ1n) is 4.59. The number of carbonyl (C=O) groups is 2. The van der Waals surface area contributed by atoms with Crippen molar-refractivity contribution in [2.45, 2.75) is 0 Å². The average molecular weight is 356 g/mol. The van der Waals surface area contributed by atoms with Crippen molar-refractivity contribution in [3.05, 3.63) is 47.5 Å². The van der Waals surface area contributed by atoms with Gasteiger partial charge in [-0.15, -0.1) is 0 Å². The van der Waals surface area contributed by atoms with Gasteiger partial charge in [-0.25, -0.2) is 9.59 Å². The van der Waals surface area contributed by atoms with E-state index in [4.69, 9.17) is 10.2 Å². The number of fused-ring (bicyclic) bond motifs is 1. The van der Waals surface area contributed by atoms with E-state index in [0.717, 1.165) is 0 Å². The Hall–Kier alpha value is -0.983. The average Bonchev–Trinajstić information content (AvgIpc) is 2.27. The third-order valence-corrected chi connectivity index (χ3v) is 2.38. The molecule has 0 unspecified atom stereocenters. The number of carboxylic acids is 2. The van der Waals surface area contributed by atoms with Gasteiger partial charge >= 0.3 is 11.9 Å². The molecule has 0 aliphatic rings. The fraction of sp³-hybridized carbons (Fsp3) is 0. The Kier molecular flexibility index (Phi) is 4.61. The van der Waals surface area contributed by atoms with Crippen LogP contribution in [0.5, 0.6) is 0 Å². The molecular formula is C12H8CeO4. The molecule has 0 amide bonds. The second kappa shape index (κ2) is 5.57. The summed E-state index contributed by atoms with van der Waals surface area (Å²) in [7, 11) is 0. The Morgan fingerprint density at radius 3 is 1.41 bits per heavy atom. The first kappa shape index (κ1) is 14.1. The number of aromatic carboxylic acids is 2. The Morgan fingerprint density at radius 2 is 1.12 bits per heavy atom. The van der Waals surface area contributed by atoms with Crippen LogP contribution in [0.2, 0.25) is 0 Å². The fourth-order valence-corrected chi connectivity index (χ4v) is 1.67. The van der Waals surface area contributed by atoms with Crippen LogP contribution in [0.4, 0.5) is 0 Å². The van der Waals surface area contributed by atoms with E-state index in [0.29, 0.717) is 10.8 Å². The summed E-state index contributed by atoms with van der Waals surface area (Å²) in [5, 5.41) is 18.8. The summed E-state index contributed by atoms with van der Waals surface area (Å²) >= 11 is 0. The third-order valence-electron chi connectivity index (χ3n) is 2.38. The predicted octanol–water partition coefficient (Wildman–Crippen LogP) is 2.24. The van der Waals surface area contributed by atoms with Gasteiger partial charge in [0.05, 0.1) is 11.1 Å². The zero-order valence-corrected chi connectivity index (χ0v) is 11.8. The van der Waals surface area contributed by atoms with E-state index >= 15 is 0 Å². The van der Waals surface area contributed by atoms with E-state index in [9.17, 15) is 9.59 Å². The minimum Gasteiger partial charge on any atom is -0.478 e. The quantitative estimate of drug-likeness (QED) is 0.866. The monoisotopic (exact) mass is 356 g/mol. The third kappa shape index (κ3) is 2.64. The molecule has 2 aromatic carbocycles. The van der Waals surface area contributed by atoms with Crippen molar-refractivity contribution in [3.8, 4) is 0 Å². The fourth-order valence-electron chi connectivity index (χ4n) is 1.67. The molecule has 0 radical (unpaired) electrons. The molecule has 0 heterocycles. The molecule has 0 saturated heterocycles. The molecule has 2 rings (SSSR count). The molecule has 0 bridgehead atoms. The first-order chi connectivity index (χ1) is 7.61. The van der Waals surface area contributed by atoms with E-state index in [1.807, 2.05) is 0 Å². The summed E-state index contributed by atoms with van der Waals surface area (Å²) in [4.78, 5) is 21.9. The van der Waals surface area contributed by atoms with E-state index in [-0.39, 0.29) is 52.9 Å². The molecule has 0 aliphatic carbocycles. The molecule has 2 aromatic rings. The number of benzene rings is 2. The number of carboxylic acid groups (broad SMARTS) is 2. The summed E-state index contributed by atoms with van der Waals surface area (Å²) < 4.78 is 0. The van der Waals surface area contributed by atoms with Crippen LogP contribution in [-0.4, -0.2) is 22.2 Å². The topological polar surface area (TPSA) is 74.6 Å². The smallest absolute Gasteiger partial charge is 0.336 e. The largest absolute Gasteiger partial charge is 0.478 e. The molecule has 5 heteroatoms. The van der Waals surface area contributed by atoms with Crippen LogP contribution in [0.25, 0.3) is 10.8 Å². The normalized spacial score (nSPS) is 9.65. The number of hydrogen-bond acceptors (Lipinski definition) is 2. The van der Waals surface area contributed by atoms with Crippen molar-refractivity contribution in [1.82, 2.24) is 0 Å². The Balaban J connectivity index is 0.00000144. The molecular weight excluding hydrogens is 348 g/mol. The van der Waals surface area contributed by atoms with E-state index in [2.05, 4.69) is 0 Å². The minimum atomic E-state index is -1.06. The van der Waals surface area contributed by atoms with Crippen LogP contribution in [-0.2, 0) is 0 Å². The predicted molar refractivity (Wildman–Crippen MR) is 57.9 cm³/mol. The SMILES string of the molecule is O=C(O)c1ccc(C(=O)O)c2ccccc12.[Ce]. The summed E-state index contributed by atoms with van der Waals surface area (Å²) in [6.45, 7) is 0. The van der Waals surface area contributed by atoms with Crippen LogP contribution in [0, 0.1) is 41.7 Å². The van der Waals surface area contributed by atoms with Crippen molar-refractivity contribution in [2.24, 2.45) is 0 Å². The second-order valence-corrected chi connectivity index (χ2v) is 3.32. The van der Waals surface area contributed by atoms with Gasteiger partial charge in [-0.2, -0.15) is 0 Å². The Bertz CT molecular complexity index is 540. The molecule has 2 N–H and O–H groups in total. The maximum atomic E-state index is 10.9. The van der Waals surface area contributed by atoms with E-state index in [1.54, 1.807) is 24.3 Å². The number of rotatable bonds is 2. The molecule has 0 aromatic heterocycles. The molecule has 0 fully saturated rings. The molecule has 0 atom stereocenters. The van der Waals surface area contributed by atoms with Gasteiger partial charge in [-0.1, -0.05) is 24.3 Å². The molecule has 0 saturated carbocycles. The van der Waals surface area contributed by atoms with Gasteiger partial charge in [0.15, 0.2) is 0 Å². The first-order valence-corrected chi connectivity index (χ1v) is 4.59. The molecule has 84 valence electrons. The van der Waals surface area contributed by atoms with Gasteiger partial charge < -0.3 is 10.2 Å². The molecule has 0 spiro atoms. The Morgan fingerprint density at radius 1 is 0.765 bits per heavy atom. The maximum absolute atomic E-state index is 10.9. The summed E-state index contributed by atoms with van der Waals surface area (Å²) in [6, 6.07) is 9.19. The molecule has 17 heavy (non-hydrogen) atoms. The van der Waals surface area contributed by atoms with Gasteiger partial charge in [0.1, 0.15) is 0 Å². The molecule has 4 nitrogen and oxygen atoms in total. The van der Waals surface area contributed by atoms with Crippen molar-refractivity contribution < 1.29 is 61.5 Å². The standard InChI is InChI=1S/C12H8O4.Ce/c13-11(14)9-5-6-10(12(15)16)8-4-2-1-3-7(8)9;/h1-6H,(H,13,14)(H,15,16);. The van der Waals surface area contributed by atoms with Crippen molar-refractivity contribution in [1.29, 1.82) is 0 Å². The van der Waals surface area contributed by atoms with Crippen LogP contribution in [0.15, 0.2) is 36.4 Å². The van der Waals surface area contributed by atoms with Gasteiger partial charge in [0.25, 0.3) is 0 Å². The van der Waals surface area contributed by atoms with Crippen LogP contribution in [0.3, 0.4) is 0 Å². The summed E-state index contributed by atoms with van der Waals surface area (Å²) in [5.41, 5.74) is 0.223. The second-order valence-electron chi connectivity index (χ2n) is 3.32. The van der Waals surface area contributed by atoms with E-state index < -0.39 is 11.9 Å². The zero-order valence-electron chi connectivity index (χ0n) is 8.68. The van der Waals surface area contributed by atoms with Gasteiger partial charge in [0, 0.05) is 41.7 Å². The summed E-state index contributed by atoms with van der Waals surface area (Å²) in [5.74, 6) is -2.12. The maximum Gasteiger partial charge on any atom is 0.336 e. The number of hydrogen-bond donors (Lipinski definition) is 2. The van der Waals surface area contributed by atoms with Crippen molar-refractivity contribution in [2.75, 3.05) is 0 Å². The minimum absolute atomic E-state index is 0. The van der Waals surface area contributed by atoms with Crippen LogP contribution >= 0.6 is 0 Å². The van der Waals surface area contributed by atoms with Gasteiger partial charge in [0.2, 0.25) is 0 Å². The van der Waals surface area contributed by atoms with E-state index in [1.165, 1.54) is 12.1 Å². The van der Waals surface area contributed by atoms with Crippen LogP contribution < -0.4 is 0 Å². The zero-order chi connectivity index (χ0) is 11.7. The van der Waals surface area contributed by atoms with Crippen molar-refractivity contribution >= 4 is 22.7 Å². The van der Waals surface area contributed by atoms with Gasteiger partial charge in [-0.05, 0) is 22.9 Å². The summed E-state index contributed by atoms with van der Waals surface area (Å²) in [6.07, 6.45) is 0. The Labute approximate surface area is 131 Å². The van der Waals surface area contributed by atoms with Gasteiger partial charge in [-0.3, -0.25) is 0 Å². The molecule has 0 aliphatic heterocycles. The van der Waals surface area contributed by atoms with Crippen LogP contribution in [0.1, 0.15) is 20.7 Å².